The van der Waals surface area contributed by atoms with Crippen molar-refractivity contribution < 1.29 is 9.53 Å². The topological polar surface area (TPSA) is 29.5 Å². The zero-order valence-corrected chi connectivity index (χ0v) is 13.3. The van der Waals surface area contributed by atoms with Gasteiger partial charge in [0, 0.05) is 12.7 Å². The van der Waals surface area contributed by atoms with Crippen LogP contribution in [0.25, 0.3) is 0 Å². The van der Waals surface area contributed by atoms with Crippen molar-refractivity contribution in [2.24, 2.45) is 5.41 Å². The van der Waals surface area contributed by atoms with Crippen molar-refractivity contribution in [1.82, 2.24) is 4.90 Å². The van der Waals surface area contributed by atoms with Crippen molar-refractivity contribution in [3.63, 3.8) is 0 Å². The number of nitrogens with zero attached hydrogens (tertiary/aromatic N) is 1. The lowest BCUT2D eigenvalue weighted by atomic mass is 9.83. The molecule has 0 spiro atoms. The Kier molecular flexibility index (Phi) is 5.91. The Morgan fingerprint density at radius 2 is 1.67 bits per heavy atom. The molecule has 0 saturated heterocycles. The van der Waals surface area contributed by atoms with E-state index in [1.165, 1.54) is 5.57 Å². The molecule has 0 bridgehead atoms. The average Bonchev–Trinajstić information content (AvgIpc) is 2.22. The third-order valence-electron chi connectivity index (χ3n) is 3.27. The molecule has 0 heterocycles. The van der Waals surface area contributed by atoms with Gasteiger partial charge in [0.15, 0.2) is 0 Å². The third-order valence-corrected chi connectivity index (χ3v) is 3.27. The summed E-state index contributed by atoms with van der Waals surface area (Å²) in [5.74, 6) is 0. The first-order valence-electron chi connectivity index (χ1n) is 6.72. The van der Waals surface area contributed by atoms with Crippen LogP contribution in [0.4, 0.5) is 4.79 Å². The number of rotatable bonds is 4. The predicted molar refractivity (Wildman–Crippen MR) is 76.4 cm³/mol. The minimum Gasteiger partial charge on any atom is -0.443 e. The lowest BCUT2D eigenvalue weighted by Crippen LogP contribution is -2.34. The van der Waals surface area contributed by atoms with Crippen LogP contribution in [0.5, 0.6) is 0 Å². The molecule has 0 fully saturated rings. The van der Waals surface area contributed by atoms with E-state index in [1.807, 2.05) is 33.9 Å². The summed E-state index contributed by atoms with van der Waals surface area (Å²) in [6.45, 7) is 16.8. The number of carbonyl (C=O) groups is 1. The van der Waals surface area contributed by atoms with E-state index in [-0.39, 0.29) is 11.5 Å². The van der Waals surface area contributed by atoms with Gasteiger partial charge in [0.05, 0.1) is 0 Å². The number of hydrogen-bond donors (Lipinski definition) is 0. The quantitative estimate of drug-likeness (QED) is 0.735. The summed E-state index contributed by atoms with van der Waals surface area (Å²) < 4.78 is 5.38. The molecule has 0 rings (SSSR count). The Morgan fingerprint density at radius 3 is 2.00 bits per heavy atom. The van der Waals surface area contributed by atoms with Gasteiger partial charge in [0.1, 0.15) is 5.60 Å². The Morgan fingerprint density at radius 1 is 1.17 bits per heavy atom. The van der Waals surface area contributed by atoms with E-state index in [9.17, 15) is 4.79 Å². The van der Waals surface area contributed by atoms with Gasteiger partial charge in [-0.05, 0) is 46.5 Å². The van der Waals surface area contributed by atoms with Gasteiger partial charge >= 0.3 is 6.09 Å². The van der Waals surface area contributed by atoms with E-state index in [2.05, 4.69) is 27.7 Å². The molecular weight excluding hydrogens is 226 g/mol. The number of amides is 1. The van der Waals surface area contributed by atoms with Crippen LogP contribution in [-0.4, -0.2) is 23.1 Å². The maximum Gasteiger partial charge on any atom is 0.414 e. The highest BCUT2D eigenvalue weighted by Crippen LogP contribution is 2.29. The first-order valence-corrected chi connectivity index (χ1v) is 6.72. The zero-order chi connectivity index (χ0) is 14.6. The molecule has 0 atom stereocenters. The molecule has 0 radical (unpaired) electrons. The lowest BCUT2D eigenvalue weighted by molar-refractivity contribution is 0.0340. The first kappa shape index (κ1) is 17.0. The van der Waals surface area contributed by atoms with Crippen LogP contribution < -0.4 is 0 Å². The largest absolute Gasteiger partial charge is 0.443 e. The molecular formula is C15H29NO2. The normalized spacial score (nSPS) is 13.4. The zero-order valence-electron chi connectivity index (χ0n) is 13.3. The molecule has 106 valence electrons. The third kappa shape index (κ3) is 5.56. The molecule has 0 aliphatic rings. The highest BCUT2D eigenvalue weighted by molar-refractivity contribution is 5.69. The van der Waals surface area contributed by atoms with Gasteiger partial charge in [0.25, 0.3) is 0 Å². The van der Waals surface area contributed by atoms with Gasteiger partial charge < -0.3 is 4.74 Å². The van der Waals surface area contributed by atoms with E-state index < -0.39 is 5.60 Å². The van der Waals surface area contributed by atoms with Crippen LogP contribution >= 0.6 is 0 Å². The van der Waals surface area contributed by atoms with E-state index in [0.29, 0.717) is 6.54 Å². The van der Waals surface area contributed by atoms with Crippen LogP contribution in [0.2, 0.25) is 0 Å². The van der Waals surface area contributed by atoms with Crippen molar-refractivity contribution in [2.45, 2.75) is 67.4 Å². The van der Waals surface area contributed by atoms with Crippen molar-refractivity contribution in [1.29, 1.82) is 0 Å². The number of allylic oxidation sites excluding steroid dienone is 1. The molecule has 1 amide bonds. The summed E-state index contributed by atoms with van der Waals surface area (Å²) >= 11 is 0. The number of carbonyl (C=O) groups excluding carboxylic acids is 1. The first-order chi connectivity index (χ1) is 8.03. The van der Waals surface area contributed by atoms with Crippen LogP contribution in [0.1, 0.15) is 61.8 Å². The Balaban J connectivity index is 4.91. The predicted octanol–water partition coefficient (Wildman–Crippen LogP) is 4.58. The molecule has 0 aromatic carbocycles. The Bertz CT molecular complexity index is 311. The second kappa shape index (κ2) is 6.26. The average molecular weight is 255 g/mol. The van der Waals surface area contributed by atoms with Gasteiger partial charge in [-0.3, -0.25) is 4.90 Å². The second-order valence-corrected chi connectivity index (χ2v) is 6.32. The monoisotopic (exact) mass is 255 g/mol. The smallest absolute Gasteiger partial charge is 0.414 e. The van der Waals surface area contributed by atoms with Gasteiger partial charge in [-0.1, -0.05) is 26.3 Å². The van der Waals surface area contributed by atoms with Crippen molar-refractivity contribution in [3.05, 3.63) is 11.8 Å². The molecule has 0 aliphatic heterocycles. The summed E-state index contributed by atoms with van der Waals surface area (Å²) in [5, 5.41) is 0. The summed E-state index contributed by atoms with van der Waals surface area (Å²) in [5.41, 5.74) is 0.847. The van der Waals surface area contributed by atoms with Crippen molar-refractivity contribution in [2.75, 3.05) is 6.54 Å². The molecule has 3 heteroatoms. The molecule has 0 aromatic rings. The fraction of sp³-hybridized carbons (Fsp3) is 0.800. The Labute approximate surface area is 112 Å². The van der Waals surface area contributed by atoms with Gasteiger partial charge in [0.2, 0.25) is 0 Å². The van der Waals surface area contributed by atoms with Crippen LogP contribution in [0, 0.1) is 5.41 Å². The summed E-state index contributed by atoms with van der Waals surface area (Å²) in [4.78, 5) is 13.6. The molecule has 18 heavy (non-hydrogen) atoms. The molecule has 0 aromatic heterocycles. The van der Waals surface area contributed by atoms with Crippen molar-refractivity contribution >= 4 is 6.09 Å². The molecule has 0 saturated carbocycles. The maximum atomic E-state index is 12.0. The summed E-state index contributed by atoms with van der Waals surface area (Å²) in [6.07, 6.45) is 2.68. The van der Waals surface area contributed by atoms with E-state index >= 15 is 0 Å². The highest BCUT2D eigenvalue weighted by atomic mass is 16.6. The van der Waals surface area contributed by atoms with Gasteiger partial charge in [-0.25, -0.2) is 4.79 Å². The molecule has 0 unspecified atom stereocenters. The van der Waals surface area contributed by atoms with E-state index in [0.717, 1.165) is 6.42 Å². The lowest BCUT2D eigenvalue weighted by Gasteiger charge is -2.28. The minimum atomic E-state index is -0.452. The second-order valence-electron chi connectivity index (χ2n) is 6.32. The van der Waals surface area contributed by atoms with Crippen molar-refractivity contribution in [3.8, 4) is 0 Å². The molecule has 0 aliphatic carbocycles. The van der Waals surface area contributed by atoms with Crippen LogP contribution in [0.15, 0.2) is 11.8 Å². The number of ether oxygens (including phenoxy) is 1. The Hall–Kier alpha value is -0.990. The fourth-order valence-electron chi connectivity index (χ4n) is 1.28. The van der Waals surface area contributed by atoms with Crippen LogP contribution in [0.3, 0.4) is 0 Å². The molecule has 3 nitrogen and oxygen atoms in total. The fourth-order valence-corrected chi connectivity index (χ4v) is 1.28. The SMILES string of the molecule is CCN(C=C(C)C(C)(C)CC)C(=O)OC(C)(C)C. The molecule has 0 N–H and O–H groups in total. The standard InChI is InChI=1S/C15H29NO2/c1-9-15(7,8)12(3)11-16(10-2)13(17)18-14(4,5)6/h11H,9-10H2,1-8H3. The van der Waals surface area contributed by atoms with Gasteiger partial charge in [-0.2, -0.15) is 0 Å². The van der Waals surface area contributed by atoms with Crippen LogP contribution in [-0.2, 0) is 4.74 Å². The van der Waals surface area contributed by atoms with Gasteiger partial charge in [-0.15, -0.1) is 0 Å². The summed E-state index contributed by atoms with van der Waals surface area (Å²) in [6, 6.07) is 0. The van der Waals surface area contributed by atoms with E-state index in [4.69, 9.17) is 4.74 Å². The maximum absolute atomic E-state index is 12.0. The van der Waals surface area contributed by atoms with E-state index in [1.54, 1.807) is 4.90 Å². The highest BCUT2D eigenvalue weighted by Gasteiger charge is 2.23. The number of hydrogen-bond acceptors (Lipinski definition) is 2. The minimum absolute atomic E-state index is 0.107. The summed E-state index contributed by atoms with van der Waals surface area (Å²) in [7, 11) is 0.